The predicted octanol–water partition coefficient (Wildman–Crippen LogP) is 2.35. The number of nitrogens with zero attached hydrogens (tertiary/aromatic N) is 1. The first-order valence-electron chi connectivity index (χ1n) is 7.13. The molecule has 112 valence electrons. The van der Waals surface area contributed by atoms with Gasteiger partial charge in [0.25, 0.3) is 0 Å². The van der Waals surface area contributed by atoms with E-state index in [-0.39, 0.29) is 11.8 Å². The van der Waals surface area contributed by atoms with Crippen LogP contribution in [0.2, 0.25) is 0 Å². The molecule has 0 rings (SSSR count). The molecule has 2 N–H and O–H groups in total. The summed E-state index contributed by atoms with van der Waals surface area (Å²) in [5.41, 5.74) is 5.50. The second kappa shape index (κ2) is 11.2. The van der Waals surface area contributed by atoms with Crippen molar-refractivity contribution in [3.05, 3.63) is 0 Å². The molecule has 0 saturated heterocycles. The van der Waals surface area contributed by atoms with E-state index in [9.17, 15) is 4.79 Å². The molecule has 0 saturated carbocycles. The SMILES string of the molecule is CCCCOCCCN(CCC(N)=S)C(=O)C(C)C. The Hall–Kier alpha value is -0.680. The van der Waals surface area contributed by atoms with Gasteiger partial charge < -0.3 is 15.4 Å². The zero-order valence-corrected chi connectivity index (χ0v) is 13.3. The number of rotatable bonds is 11. The van der Waals surface area contributed by atoms with E-state index in [1.807, 2.05) is 18.7 Å². The molecule has 0 heterocycles. The minimum absolute atomic E-state index is 0.00681. The fourth-order valence-electron chi connectivity index (χ4n) is 1.65. The highest BCUT2D eigenvalue weighted by Crippen LogP contribution is 2.04. The predicted molar refractivity (Wildman–Crippen MR) is 83.2 cm³/mol. The molecule has 4 nitrogen and oxygen atoms in total. The van der Waals surface area contributed by atoms with Gasteiger partial charge in [-0.2, -0.15) is 0 Å². The van der Waals surface area contributed by atoms with Crippen LogP contribution in [0.5, 0.6) is 0 Å². The molecule has 1 amide bonds. The van der Waals surface area contributed by atoms with Gasteiger partial charge >= 0.3 is 0 Å². The largest absolute Gasteiger partial charge is 0.393 e. The standard InChI is InChI=1S/C14H28N2O2S/c1-4-5-10-18-11-6-8-16(9-7-13(15)19)14(17)12(2)3/h12H,4-11H2,1-3H3,(H2,15,19). The molecular formula is C14H28N2O2S. The number of ether oxygens (including phenoxy) is 1. The quantitative estimate of drug-likeness (QED) is 0.468. The average molecular weight is 288 g/mol. The summed E-state index contributed by atoms with van der Waals surface area (Å²) < 4.78 is 5.50. The maximum atomic E-state index is 12.0. The van der Waals surface area contributed by atoms with E-state index in [1.165, 1.54) is 0 Å². The van der Waals surface area contributed by atoms with Crippen LogP contribution < -0.4 is 5.73 Å². The highest BCUT2D eigenvalue weighted by atomic mass is 32.1. The van der Waals surface area contributed by atoms with Crippen molar-refractivity contribution in [2.75, 3.05) is 26.3 Å². The van der Waals surface area contributed by atoms with E-state index in [4.69, 9.17) is 22.7 Å². The summed E-state index contributed by atoms with van der Waals surface area (Å²) in [6, 6.07) is 0. The number of carbonyl (C=O) groups is 1. The van der Waals surface area contributed by atoms with E-state index in [0.717, 1.165) is 25.9 Å². The van der Waals surface area contributed by atoms with E-state index < -0.39 is 0 Å². The van der Waals surface area contributed by atoms with Crippen LogP contribution in [-0.4, -0.2) is 42.1 Å². The van der Waals surface area contributed by atoms with E-state index >= 15 is 0 Å². The van der Waals surface area contributed by atoms with Crippen molar-refractivity contribution in [2.45, 2.75) is 46.5 Å². The number of hydrogen-bond donors (Lipinski definition) is 1. The lowest BCUT2D eigenvalue weighted by molar-refractivity contribution is -0.134. The monoisotopic (exact) mass is 288 g/mol. The van der Waals surface area contributed by atoms with Gasteiger partial charge in [-0.1, -0.05) is 39.4 Å². The zero-order chi connectivity index (χ0) is 14.7. The molecule has 0 aromatic heterocycles. The number of carbonyl (C=O) groups excluding carboxylic acids is 1. The molecule has 0 atom stereocenters. The lowest BCUT2D eigenvalue weighted by Crippen LogP contribution is -2.37. The van der Waals surface area contributed by atoms with Crippen LogP contribution >= 0.6 is 12.2 Å². The number of hydrogen-bond acceptors (Lipinski definition) is 3. The van der Waals surface area contributed by atoms with Crippen molar-refractivity contribution < 1.29 is 9.53 Å². The summed E-state index contributed by atoms with van der Waals surface area (Å²) in [5, 5.41) is 0. The number of nitrogens with two attached hydrogens (primary N) is 1. The summed E-state index contributed by atoms with van der Waals surface area (Å²) in [7, 11) is 0. The van der Waals surface area contributed by atoms with Gasteiger partial charge in [0, 0.05) is 38.6 Å². The molecule has 0 aliphatic heterocycles. The van der Waals surface area contributed by atoms with Gasteiger partial charge in [0.1, 0.15) is 0 Å². The molecule has 5 heteroatoms. The second-order valence-electron chi connectivity index (χ2n) is 5.02. The highest BCUT2D eigenvalue weighted by molar-refractivity contribution is 7.80. The molecule has 0 fully saturated rings. The third kappa shape index (κ3) is 9.85. The van der Waals surface area contributed by atoms with Crippen LogP contribution in [0.25, 0.3) is 0 Å². The van der Waals surface area contributed by atoms with E-state index in [1.54, 1.807) is 0 Å². The Kier molecular flexibility index (Phi) is 10.8. The fourth-order valence-corrected chi connectivity index (χ4v) is 1.74. The van der Waals surface area contributed by atoms with Crippen LogP contribution in [-0.2, 0) is 9.53 Å². The van der Waals surface area contributed by atoms with Gasteiger partial charge in [-0.05, 0) is 12.8 Å². The molecular weight excluding hydrogens is 260 g/mol. The molecule has 0 aliphatic rings. The first kappa shape index (κ1) is 18.3. The topological polar surface area (TPSA) is 55.6 Å². The summed E-state index contributed by atoms with van der Waals surface area (Å²) in [4.78, 5) is 14.3. The number of unbranched alkanes of at least 4 members (excludes halogenated alkanes) is 1. The Bertz CT molecular complexity index is 270. The van der Waals surface area contributed by atoms with Crippen molar-refractivity contribution in [3.8, 4) is 0 Å². The number of thiocarbonyl (C=S) groups is 1. The first-order valence-corrected chi connectivity index (χ1v) is 7.54. The van der Waals surface area contributed by atoms with E-state index in [2.05, 4.69) is 6.92 Å². The number of amides is 1. The molecule has 0 aliphatic carbocycles. The third-order valence-electron chi connectivity index (χ3n) is 2.79. The fraction of sp³-hybridized carbons (Fsp3) is 0.857. The molecule has 0 radical (unpaired) electrons. The van der Waals surface area contributed by atoms with E-state index in [0.29, 0.717) is 31.1 Å². The van der Waals surface area contributed by atoms with Crippen molar-refractivity contribution >= 4 is 23.1 Å². The zero-order valence-electron chi connectivity index (χ0n) is 12.5. The molecule has 0 aromatic rings. The summed E-state index contributed by atoms with van der Waals surface area (Å²) in [6.45, 7) is 8.80. The van der Waals surface area contributed by atoms with Gasteiger partial charge in [0.15, 0.2) is 0 Å². The summed E-state index contributed by atoms with van der Waals surface area (Å²) in [5.74, 6) is 0.164. The van der Waals surface area contributed by atoms with Crippen molar-refractivity contribution in [3.63, 3.8) is 0 Å². The van der Waals surface area contributed by atoms with Crippen LogP contribution in [0, 0.1) is 5.92 Å². The highest BCUT2D eigenvalue weighted by Gasteiger charge is 2.16. The normalized spacial score (nSPS) is 10.7. The Balaban J connectivity index is 3.98. The minimum Gasteiger partial charge on any atom is -0.393 e. The van der Waals surface area contributed by atoms with Crippen molar-refractivity contribution in [1.82, 2.24) is 4.90 Å². The van der Waals surface area contributed by atoms with Crippen LogP contribution in [0.1, 0.15) is 46.5 Å². The van der Waals surface area contributed by atoms with Gasteiger partial charge in [-0.15, -0.1) is 0 Å². The molecule has 0 aromatic carbocycles. The Morgan fingerprint density at radius 2 is 1.89 bits per heavy atom. The maximum Gasteiger partial charge on any atom is 0.225 e. The Morgan fingerprint density at radius 1 is 1.26 bits per heavy atom. The van der Waals surface area contributed by atoms with Crippen molar-refractivity contribution in [2.24, 2.45) is 11.7 Å². The molecule has 0 bridgehead atoms. The second-order valence-corrected chi connectivity index (χ2v) is 5.54. The third-order valence-corrected chi connectivity index (χ3v) is 3.00. The van der Waals surface area contributed by atoms with Gasteiger partial charge in [0.2, 0.25) is 5.91 Å². The minimum atomic E-state index is 0.00681. The van der Waals surface area contributed by atoms with Gasteiger partial charge in [0.05, 0.1) is 4.99 Å². The van der Waals surface area contributed by atoms with Gasteiger partial charge in [-0.25, -0.2) is 0 Å². The van der Waals surface area contributed by atoms with Crippen molar-refractivity contribution in [1.29, 1.82) is 0 Å². The smallest absolute Gasteiger partial charge is 0.225 e. The lowest BCUT2D eigenvalue weighted by Gasteiger charge is -2.24. The Labute approximate surface area is 122 Å². The maximum absolute atomic E-state index is 12.0. The lowest BCUT2D eigenvalue weighted by atomic mass is 10.1. The molecule has 0 unspecified atom stereocenters. The van der Waals surface area contributed by atoms with Crippen LogP contribution in [0.15, 0.2) is 0 Å². The molecule has 0 spiro atoms. The van der Waals surface area contributed by atoms with Gasteiger partial charge in [-0.3, -0.25) is 4.79 Å². The summed E-state index contributed by atoms with van der Waals surface area (Å²) in [6.07, 6.45) is 3.69. The van der Waals surface area contributed by atoms with Crippen LogP contribution in [0.4, 0.5) is 0 Å². The first-order chi connectivity index (χ1) is 8.99. The molecule has 19 heavy (non-hydrogen) atoms. The van der Waals surface area contributed by atoms with Crippen LogP contribution in [0.3, 0.4) is 0 Å². The summed E-state index contributed by atoms with van der Waals surface area (Å²) >= 11 is 4.86. The Morgan fingerprint density at radius 3 is 2.42 bits per heavy atom. The average Bonchev–Trinajstić information content (AvgIpc) is 2.35.